The molecule has 0 unspecified atom stereocenters. The molecule has 0 aliphatic rings. The lowest BCUT2D eigenvalue weighted by atomic mass is 10.1. The Labute approximate surface area is 103 Å². The van der Waals surface area contributed by atoms with Crippen molar-refractivity contribution < 1.29 is 5.11 Å². The van der Waals surface area contributed by atoms with Gasteiger partial charge in [0.1, 0.15) is 5.01 Å². The zero-order valence-electron chi connectivity index (χ0n) is 9.23. The van der Waals surface area contributed by atoms with Gasteiger partial charge in [0, 0.05) is 15.3 Å². The van der Waals surface area contributed by atoms with Crippen LogP contribution in [0.3, 0.4) is 0 Å². The van der Waals surface area contributed by atoms with Crippen LogP contribution < -0.4 is 0 Å². The van der Waals surface area contributed by atoms with Crippen LogP contribution in [0.25, 0.3) is 11.3 Å². The maximum absolute atomic E-state index is 9.05. The number of thioether (sulfide) groups is 1. The van der Waals surface area contributed by atoms with Crippen molar-refractivity contribution in [2.75, 3.05) is 6.26 Å². The summed E-state index contributed by atoms with van der Waals surface area (Å²) >= 11 is 3.28. The van der Waals surface area contributed by atoms with E-state index in [0.29, 0.717) is 0 Å². The SMILES string of the molecule is CSc1ccc(-c2nc(CO)sc2C)cc1. The first-order valence-electron chi connectivity index (χ1n) is 4.96. The highest BCUT2D eigenvalue weighted by Gasteiger charge is 2.08. The van der Waals surface area contributed by atoms with E-state index in [1.54, 1.807) is 23.1 Å². The maximum Gasteiger partial charge on any atom is 0.119 e. The number of hydrogen-bond acceptors (Lipinski definition) is 4. The molecule has 0 amide bonds. The first-order chi connectivity index (χ1) is 7.74. The molecule has 1 aromatic carbocycles. The van der Waals surface area contributed by atoms with Gasteiger partial charge in [0.15, 0.2) is 0 Å². The van der Waals surface area contributed by atoms with Crippen molar-refractivity contribution in [1.82, 2.24) is 4.98 Å². The molecule has 2 aromatic rings. The summed E-state index contributed by atoms with van der Waals surface area (Å²) in [7, 11) is 0. The number of aliphatic hydroxyl groups excluding tert-OH is 1. The van der Waals surface area contributed by atoms with Gasteiger partial charge >= 0.3 is 0 Å². The molecule has 0 saturated heterocycles. The second-order valence-corrected chi connectivity index (χ2v) is 5.57. The number of aliphatic hydroxyl groups is 1. The molecule has 0 aliphatic heterocycles. The van der Waals surface area contributed by atoms with Gasteiger partial charge < -0.3 is 5.11 Å². The van der Waals surface area contributed by atoms with Crippen LogP contribution in [0.1, 0.15) is 9.88 Å². The van der Waals surface area contributed by atoms with Gasteiger partial charge in [-0.15, -0.1) is 23.1 Å². The summed E-state index contributed by atoms with van der Waals surface area (Å²) in [5.74, 6) is 0. The van der Waals surface area contributed by atoms with Crippen LogP contribution >= 0.6 is 23.1 Å². The summed E-state index contributed by atoms with van der Waals surface area (Å²) < 4.78 is 0. The van der Waals surface area contributed by atoms with E-state index in [4.69, 9.17) is 5.11 Å². The number of benzene rings is 1. The lowest BCUT2D eigenvalue weighted by Crippen LogP contribution is -1.83. The van der Waals surface area contributed by atoms with Gasteiger partial charge in [-0.05, 0) is 25.3 Å². The van der Waals surface area contributed by atoms with Gasteiger partial charge in [-0.1, -0.05) is 12.1 Å². The summed E-state index contributed by atoms with van der Waals surface area (Å²) in [5.41, 5.74) is 2.10. The Hall–Kier alpha value is -0.840. The van der Waals surface area contributed by atoms with E-state index in [-0.39, 0.29) is 6.61 Å². The highest BCUT2D eigenvalue weighted by atomic mass is 32.2. The second kappa shape index (κ2) is 4.99. The summed E-state index contributed by atoms with van der Waals surface area (Å²) in [4.78, 5) is 6.82. The Morgan fingerprint density at radius 3 is 2.50 bits per heavy atom. The van der Waals surface area contributed by atoms with Gasteiger partial charge in [0.2, 0.25) is 0 Å². The van der Waals surface area contributed by atoms with E-state index in [9.17, 15) is 0 Å². The average molecular weight is 251 g/mol. The highest BCUT2D eigenvalue weighted by molar-refractivity contribution is 7.98. The molecule has 0 spiro atoms. The molecule has 0 aliphatic carbocycles. The zero-order chi connectivity index (χ0) is 11.5. The minimum Gasteiger partial charge on any atom is -0.389 e. The fourth-order valence-corrected chi connectivity index (χ4v) is 2.76. The van der Waals surface area contributed by atoms with E-state index in [1.165, 1.54) is 4.90 Å². The minimum atomic E-state index is 0.0222. The molecule has 0 atom stereocenters. The smallest absolute Gasteiger partial charge is 0.119 e. The second-order valence-electron chi connectivity index (χ2n) is 3.40. The number of aryl methyl sites for hydroxylation is 1. The van der Waals surface area contributed by atoms with Crippen molar-refractivity contribution in [1.29, 1.82) is 0 Å². The Morgan fingerprint density at radius 2 is 2.00 bits per heavy atom. The quantitative estimate of drug-likeness (QED) is 0.849. The third-order valence-electron chi connectivity index (χ3n) is 2.34. The predicted molar refractivity (Wildman–Crippen MR) is 70.0 cm³/mol. The van der Waals surface area contributed by atoms with Gasteiger partial charge in [0.05, 0.1) is 12.3 Å². The molecule has 4 heteroatoms. The van der Waals surface area contributed by atoms with Crippen LogP contribution in [-0.4, -0.2) is 16.3 Å². The fourth-order valence-electron chi connectivity index (χ4n) is 1.54. The lowest BCUT2D eigenvalue weighted by Gasteiger charge is -2.00. The first kappa shape index (κ1) is 11.6. The third kappa shape index (κ3) is 2.29. The maximum atomic E-state index is 9.05. The molecule has 1 aromatic heterocycles. The van der Waals surface area contributed by atoms with Gasteiger partial charge in [-0.3, -0.25) is 0 Å². The number of thiazole rings is 1. The largest absolute Gasteiger partial charge is 0.389 e. The van der Waals surface area contributed by atoms with E-state index >= 15 is 0 Å². The van der Waals surface area contributed by atoms with Gasteiger partial charge in [-0.2, -0.15) is 0 Å². The first-order valence-corrected chi connectivity index (χ1v) is 7.00. The molecule has 0 bridgehead atoms. The lowest BCUT2D eigenvalue weighted by molar-refractivity contribution is 0.281. The molecule has 0 fully saturated rings. The average Bonchev–Trinajstić information content (AvgIpc) is 2.71. The van der Waals surface area contributed by atoms with Crippen LogP contribution in [0.5, 0.6) is 0 Å². The number of rotatable bonds is 3. The molecule has 84 valence electrons. The summed E-state index contributed by atoms with van der Waals surface area (Å²) in [6.07, 6.45) is 2.06. The summed E-state index contributed by atoms with van der Waals surface area (Å²) in [6.45, 7) is 2.06. The van der Waals surface area contributed by atoms with E-state index in [0.717, 1.165) is 21.1 Å². The molecule has 0 radical (unpaired) electrons. The predicted octanol–water partition coefficient (Wildman–Crippen LogP) is 3.33. The van der Waals surface area contributed by atoms with Crippen molar-refractivity contribution in [2.45, 2.75) is 18.4 Å². The van der Waals surface area contributed by atoms with Crippen LogP contribution in [0, 0.1) is 6.92 Å². The molecular formula is C12H13NOS2. The fraction of sp³-hybridized carbons (Fsp3) is 0.250. The summed E-state index contributed by atoms with van der Waals surface area (Å²) in [6, 6.07) is 8.35. The molecule has 0 saturated carbocycles. The molecule has 2 nitrogen and oxygen atoms in total. The van der Waals surface area contributed by atoms with Crippen LogP contribution in [0.15, 0.2) is 29.2 Å². The Balaban J connectivity index is 2.38. The topological polar surface area (TPSA) is 33.1 Å². The van der Waals surface area contributed by atoms with Gasteiger partial charge in [0.25, 0.3) is 0 Å². The third-order valence-corrected chi connectivity index (χ3v) is 4.04. The number of hydrogen-bond donors (Lipinski definition) is 1. The van der Waals surface area contributed by atoms with Crippen molar-refractivity contribution in [3.05, 3.63) is 34.2 Å². The molecule has 16 heavy (non-hydrogen) atoms. The van der Waals surface area contributed by atoms with Crippen LogP contribution in [-0.2, 0) is 6.61 Å². The van der Waals surface area contributed by atoms with Crippen molar-refractivity contribution in [3.8, 4) is 11.3 Å². The zero-order valence-corrected chi connectivity index (χ0v) is 10.9. The van der Waals surface area contributed by atoms with E-state index in [1.807, 2.05) is 6.92 Å². The van der Waals surface area contributed by atoms with Gasteiger partial charge in [-0.25, -0.2) is 4.98 Å². The molecule has 1 heterocycles. The van der Waals surface area contributed by atoms with E-state index < -0.39 is 0 Å². The Morgan fingerprint density at radius 1 is 1.31 bits per heavy atom. The summed E-state index contributed by atoms with van der Waals surface area (Å²) in [5, 5.41) is 9.83. The van der Waals surface area contributed by atoms with Crippen molar-refractivity contribution in [2.24, 2.45) is 0 Å². The standard InChI is InChI=1S/C12H13NOS2/c1-8-12(13-11(7-14)16-8)9-3-5-10(15-2)6-4-9/h3-6,14H,7H2,1-2H3. The number of nitrogens with zero attached hydrogens (tertiary/aromatic N) is 1. The molecular weight excluding hydrogens is 238 g/mol. The molecule has 1 N–H and O–H groups in total. The van der Waals surface area contributed by atoms with Crippen LogP contribution in [0.4, 0.5) is 0 Å². The monoisotopic (exact) mass is 251 g/mol. The van der Waals surface area contributed by atoms with E-state index in [2.05, 4.69) is 35.5 Å². The Bertz CT molecular complexity index is 476. The minimum absolute atomic E-state index is 0.0222. The number of aromatic nitrogens is 1. The highest BCUT2D eigenvalue weighted by Crippen LogP contribution is 2.28. The van der Waals surface area contributed by atoms with Crippen LogP contribution in [0.2, 0.25) is 0 Å². The Kier molecular flexibility index (Phi) is 3.63. The molecule has 2 rings (SSSR count). The normalized spacial score (nSPS) is 10.7. The van der Waals surface area contributed by atoms with Crippen molar-refractivity contribution >= 4 is 23.1 Å². The van der Waals surface area contributed by atoms with Crippen molar-refractivity contribution in [3.63, 3.8) is 0 Å².